The third kappa shape index (κ3) is 3.86. The summed E-state index contributed by atoms with van der Waals surface area (Å²) >= 11 is 3.22. The van der Waals surface area contributed by atoms with Crippen molar-refractivity contribution >= 4 is 61.7 Å². The first kappa shape index (κ1) is 27.0. The van der Waals surface area contributed by atoms with Crippen LogP contribution in [-0.4, -0.2) is 44.7 Å². The Kier molecular flexibility index (Phi) is 6.04. The number of aromatic hydroxyl groups is 2. The van der Waals surface area contributed by atoms with Gasteiger partial charge in [-0.3, -0.25) is 19.2 Å². The Morgan fingerprint density at radius 2 is 1.63 bits per heavy atom. The van der Waals surface area contributed by atoms with Crippen molar-refractivity contribution in [3.63, 3.8) is 0 Å². The summed E-state index contributed by atoms with van der Waals surface area (Å²) in [5.74, 6) is -6.40. The molecule has 2 amide bonds. The number of carboxylic acid groups (broad SMARTS) is 1. The molecule has 3 aromatic carbocycles. The van der Waals surface area contributed by atoms with Gasteiger partial charge in [-0.1, -0.05) is 42.0 Å². The zero-order valence-electron chi connectivity index (χ0n) is 22.3. The zero-order chi connectivity index (χ0) is 30.3. The van der Waals surface area contributed by atoms with Crippen molar-refractivity contribution in [2.75, 3.05) is 4.90 Å². The molecular weight excluding hydrogens is 618 g/mol. The SMILES string of the molecule is O=C1C=C(Br)C(=O)C2=C1[C@@H](c1ccc(O)c3ccccc13)C1=CC[C@@H]3C(=O)N(c4ccc(C(=O)O)c(O)c4)C(=O)[C@@H]3[C@@H]1C2. The average Bonchev–Trinajstić information content (AvgIpc) is 3.24. The number of Topliss-reactive ketones (excluding diaryl/α,β-unsaturated/α-hetero) is 1. The van der Waals surface area contributed by atoms with Gasteiger partial charge in [0.1, 0.15) is 17.1 Å². The number of nitrogens with zero attached hydrogens (tertiary/aromatic N) is 1. The van der Waals surface area contributed by atoms with Gasteiger partial charge in [0.05, 0.1) is 22.0 Å². The maximum atomic E-state index is 14.1. The zero-order valence-corrected chi connectivity index (χ0v) is 23.9. The van der Waals surface area contributed by atoms with Crippen molar-refractivity contribution in [2.24, 2.45) is 17.8 Å². The maximum absolute atomic E-state index is 14.1. The molecule has 0 unspecified atom stereocenters. The highest BCUT2D eigenvalue weighted by molar-refractivity contribution is 9.12. The summed E-state index contributed by atoms with van der Waals surface area (Å²) in [6.07, 6.45) is 3.46. The smallest absolute Gasteiger partial charge is 0.339 e. The predicted octanol–water partition coefficient (Wildman–Crippen LogP) is 4.92. The van der Waals surface area contributed by atoms with Gasteiger partial charge in [-0.15, -0.1) is 0 Å². The predicted molar refractivity (Wildman–Crippen MR) is 158 cm³/mol. The van der Waals surface area contributed by atoms with Gasteiger partial charge >= 0.3 is 5.97 Å². The molecule has 7 rings (SSSR count). The first-order valence-corrected chi connectivity index (χ1v) is 14.4. The van der Waals surface area contributed by atoms with Crippen LogP contribution in [0.25, 0.3) is 10.8 Å². The van der Waals surface area contributed by atoms with E-state index >= 15 is 0 Å². The molecule has 9 nitrogen and oxygen atoms in total. The molecule has 4 aliphatic rings. The average molecular weight is 640 g/mol. The Labute approximate surface area is 252 Å². The van der Waals surface area contributed by atoms with Crippen molar-refractivity contribution in [3.8, 4) is 11.5 Å². The van der Waals surface area contributed by atoms with E-state index in [2.05, 4.69) is 15.9 Å². The molecular formula is C33H22BrNO8. The number of carbonyl (C=O) groups is 5. The Hall–Kier alpha value is -4.83. The topological polar surface area (TPSA) is 149 Å². The third-order valence-corrected chi connectivity index (χ3v) is 9.64. The highest BCUT2D eigenvalue weighted by atomic mass is 79.9. The molecule has 0 radical (unpaired) electrons. The van der Waals surface area contributed by atoms with Crippen LogP contribution in [0.2, 0.25) is 0 Å². The number of halogens is 1. The molecule has 0 aromatic heterocycles. The van der Waals surface area contributed by atoms with Crippen LogP contribution in [0.15, 0.2) is 88.0 Å². The lowest BCUT2D eigenvalue weighted by Gasteiger charge is -2.42. The van der Waals surface area contributed by atoms with Crippen molar-refractivity contribution in [1.82, 2.24) is 0 Å². The molecule has 0 spiro atoms. The fourth-order valence-corrected chi connectivity index (χ4v) is 7.66. The fraction of sp³-hybridized carbons (Fsp3) is 0.182. The summed E-state index contributed by atoms with van der Waals surface area (Å²) in [4.78, 5) is 67.2. The summed E-state index contributed by atoms with van der Waals surface area (Å²) in [7, 11) is 0. The Morgan fingerprint density at radius 3 is 2.35 bits per heavy atom. The van der Waals surface area contributed by atoms with Crippen LogP contribution in [0, 0.1) is 17.8 Å². The van der Waals surface area contributed by atoms with Crippen LogP contribution in [0.5, 0.6) is 11.5 Å². The van der Waals surface area contributed by atoms with E-state index in [1.807, 2.05) is 18.2 Å². The summed E-state index contributed by atoms with van der Waals surface area (Å²) in [6, 6.07) is 14.0. The Morgan fingerprint density at radius 1 is 0.884 bits per heavy atom. The molecule has 4 atom stereocenters. The number of amides is 2. The number of hydrogen-bond donors (Lipinski definition) is 3. The Balaban J connectivity index is 1.38. The van der Waals surface area contributed by atoms with Crippen molar-refractivity contribution in [2.45, 2.75) is 18.8 Å². The van der Waals surface area contributed by atoms with Gasteiger partial charge in [0.25, 0.3) is 0 Å². The minimum atomic E-state index is -1.35. The number of carbonyl (C=O) groups excluding carboxylic acids is 4. The van der Waals surface area contributed by atoms with Crippen LogP contribution in [0.1, 0.15) is 34.7 Å². The number of benzene rings is 3. The molecule has 1 saturated heterocycles. The third-order valence-electron chi connectivity index (χ3n) is 9.05. The second kappa shape index (κ2) is 9.60. The van der Waals surface area contributed by atoms with E-state index in [1.54, 1.807) is 24.3 Å². The van der Waals surface area contributed by atoms with E-state index < -0.39 is 47.2 Å². The molecule has 3 aromatic rings. The van der Waals surface area contributed by atoms with E-state index in [0.717, 1.165) is 22.6 Å². The van der Waals surface area contributed by atoms with Gasteiger partial charge in [-0.05, 0) is 63.8 Å². The summed E-state index contributed by atoms with van der Waals surface area (Å²) < 4.78 is 0.120. The van der Waals surface area contributed by atoms with Crippen LogP contribution in [0.3, 0.4) is 0 Å². The van der Waals surface area contributed by atoms with Crippen molar-refractivity contribution in [1.29, 1.82) is 0 Å². The first-order chi connectivity index (χ1) is 20.6. The molecule has 3 aliphatic carbocycles. The van der Waals surface area contributed by atoms with Crippen molar-refractivity contribution < 1.29 is 39.3 Å². The molecule has 1 heterocycles. The van der Waals surface area contributed by atoms with E-state index in [1.165, 1.54) is 12.1 Å². The van der Waals surface area contributed by atoms with Crippen LogP contribution < -0.4 is 4.90 Å². The molecule has 1 fully saturated rings. The van der Waals surface area contributed by atoms with Gasteiger partial charge in [0, 0.05) is 34.6 Å². The maximum Gasteiger partial charge on any atom is 0.339 e. The van der Waals surface area contributed by atoms with E-state index in [0.29, 0.717) is 21.9 Å². The van der Waals surface area contributed by atoms with Crippen molar-refractivity contribution in [3.05, 3.63) is 99.1 Å². The first-order valence-electron chi connectivity index (χ1n) is 13.6. The number of aromatic carboxylic acids is 1. The normalized spacial score (nSPS) is 24.9. The van der Waals surface area contributed by atoms with Gasteiger partial charge in [-0.2, -0.15) is 0 Å². The number of phenolic OH excluding ortho intramolecular Hbond substituents is 1. The lowest BCUT2D eigenvalue weighted by molar-refractivity contribution is -0.123. The minimum absolute atomic E-state index is 0.0554. The molecule has 43 heavy (non-hydrogen) atoms. The molecule has 1 aliphatic heterocycles. The highest BCUT2D eigenvalue weighted by Crippen LogP contribution is 2.56. The van der Waals surface area contributed by atoms with Gasteiger partial charge < -0.3 is 15.3 Å². The number of anilines is 1. The van der Waals surface area contributed by atoms with Gasteiger partial charge in [0.15, 0.2) is 11.6 Å². The monoisotopic (exact) mass is 639 g/mol. The number of hydrogen-bond acceptors (Lipinski definition) is 7. The van der Waals surface area contributed by atoms with Crippen LogP contribution in [0.4, 0.5) is 5.69 Å². The largest absolute Gasteiger partial charge is 0.507 e. The standard InChI is InChI=1S/C33H22BrNO8/c34-23-13-26(38)29-22(30(23)39)12-21-18(27(29)17-9-10-24(36)16-4-2-1-3-15(16)17)7-8-20-28(21)32(41)35(31(20)40)14-5-6-19(33(42)43)25(37)11-14/h1-7,9-11,13,20-21,27-28,36-37H,8,12H2,(H,42,43)/t20-,21+,27-,28-/m0/s1. The van der Waals surface area contributed by atoms with E-state index in [4.69, 9.17) is 0 Å². The van der Waals surface area contributed by atoms with Gasteiger partial charge in [0.2, 0.25) is 11.8 Å². The minimum Gasteiger partial charge on any atom is -0.507 e. The number of carboxylic acids is 1. The summed E-state index contributed by atoms with van der Waals surface area (Å²) in [5, 5.41) is 31.4. The van der Waals surface area contributed by atoms with E-state index in [9.17, 15) is 39.3 Å². The lowest BCUT2D eigenvalue weighted by Crippen LogP contribution is -2.39. The molecule has 10 heteroatoms. The van der Waals surface area contributed by atoms with Crippen LogP contribution in [-0.2, 0) is 19.2 Å². The molecule has 214 valence electrons. The number of fused-ring (bicyclic) bond motifs is 4. The van der Waals surface area contributed by atoms with Gasteiger partial charge in [-0.25, -0.2) is 9.69 Å². The number of ketones is 2. The fourth-order valence-electron chi connectivity index (χ4n) is 7.21. The molecule has 3 N–H and O–H groups in total. The number of allylic oxidation sites excluding steroid dienone is 6. The summed E-state index contributed by atoms with van der Waals surface area (Å²) in [6.45, 7) is 0. The lowest BCUT2D eigenvalue weighted by atomic mass is 9.59. The van der Waals surface area contributed by atoms with Crippen LogP contribution >= 0.6 is 15.9 Å². The Bertz CT molecular complexity index is 1950. The number of phenols is 2. The second-order valence-corrected chi connectivity index (χ2v) is 12.0. The van der Waals surface area contributed by atoms with E-state index in [-0.39, 0.29) is 51.5 Å². The second-order valence-electron chi connectivity index (χ2n) is 11.1. The number of imide groups is 1. The quantitative estimate of drug-likeness (QED) is 0.208. The molecule has 0 saturated carbocycles. The highest BCUT2D eigenvalue weighted by Gasteiger charge is 2.57. The molecule has 0 bridgehead atoms. The summed E-state index contributed by atoms with van der Waals surface area (Å²) in [5.41, 5.74) is 1.76. The number of rotatable bonds is 3.